The summed E-state index contributed by atoms with van der Waals surface area (Å²) in [6.07, 6.45) is 2.03. The Morgan fingerprint density at radius 3 is 2.39 bits per heavy atom. The van der Waals surface area contributed by atoms with E-state index in [-0.39, 0.29) is 18.9 Å². The van der Waals surface area contributed by atoms with Gasteiger partial charge in [0.05, 0.1) is 12.6 Å². The molecule has 2 aliphatic heterocycles. The Hall–Kier alpha value is -2.08. The largest absolute Gasteiger partial charge is 0.444 e. The Kier molecular flexibility index (Phi) is 6.28. The maximum Gasteiger partial charge on any atom is 0.411 e. The molecule has 2 saturated heterocycles. The first-order chi connectivity index (χ1) is 13.2. The van der Waals surface area contributed by atoms with Gasteiger partial charge >= 0.3 is 6.09 Å². The predicted molar refractivity (Wildman–Crippen MR) is 107 cm³/mol. The second kappa shape index (κ2) is 8.52. The van der Waals surface area contributed by atoms with Gasteiger partial charge in [0.15, 0.2) is 0 Å². The molecule has 0 radical (unpaired) electrons. The molecule has 6 nitrogen and oxygen atoms in total. The third kappa shape index (κ3) is 5.25. The number of benzene rings is 1. The van der Waals surface area contributed by atoms with Crippen LogP contribution in [0.2, 0.25) is 0 Å². The van der Waals surface area contributed by atoms with Crippen molar-refractivity contribution in [1.82, 2.24) is 9.80 Å². The van der Waals surface area contributed by atoms with Gasteiger partial charge in [-0.25, -0.2) is 4.79 Å². The molecular weight excluding hydrogens is 356 g/mol. The molecule has 0 spiro atoms. The number of amides is 2. The van der Waals surface area contributed by atoms with E-state index in [0.29, 0.717) is 19.0 Å². The molecule has 2 aliphatic rings. The van der Waals surface area contributed by atoms with E-state index in [1.165, 1.54) is 10.5 Å². The van der Waals surface area contributed by atoms with Crippen LogP contribution < -0.4 is 0 Å². The van der Waals surface area contributed by atoms with Crippen molar-refractivity contribution in [2.45, 2.75) is 64.2 Å². The van der Waals surface area contributed by atoms with Crippen molar-refractivity contribution in [2.75, 3.05) is 19.6 Å². The summed E-state index contributed by atoms with van der Waals surface area (Å²) in [6, 6.07) is 9.81. The van der Waals surface area contributed by atoms with Gasteiger partial charge in [0.2, 0.25) is 5.91 Å². The molecular formula is C22H32N2O4. The average molecular weight is 389 g/mol. The molecule has 2 fully saturated rings. The maximum absolute atomic E-state index is 13.1. The van der Waals surface area contributed by atoms with Crippen LogP contribution in [0.3, 0.4) is 0 Å². The third-order valence-electron chi connectivity index (χ3n) is 5.49. The van der Waals surface area contributed by atoms with Crippen molar-refractivity contribution in [3.8, 4) is 0 Å². The molecule has 1 aromatic carbocycles. The lowest BCUT2D eigenvalue weighted by atomic mass is 9.90. The molecule has 3 rings (SSSR count). The first kappa shape index (κ1) is 20.6. The number of hydrogen-bond acceptors (Lipinski definition) is 4. The Morgan fingerprint density at radius 2 is 1.79 bits per heavy atom. The van der Waals surface area contributed by atoms with E-state index in [2.05, 4.69) is 24.3 Å². The first-order valence-corrected chi connectivity index (χ1v) is 10.2. The first-order valence-electron chi connectivity index (χ1n) is 10.2. The van der Waals surface area contributed by atoms with Gasteiger partial charge in [-0.2, -0.15) is 0 Å². The summed E-state index contributed by atoms with van der Waals surface area (Å²) in [6.45, 7) is 6.94. The molecule has 2 atom stereocenters. The van der Waals surface area contributed by atoms with Crippen molar-refractivity contribution in [3.63, 3.8) is 0 Å². The summed E-state index contributed by atoms with van der Waals surface area (Å²) in [5.41, 5.74) is 0.705. The molecule has 0 unspecified atom stereocenters. The van der Waals surface area contributed by atoms with Crippen LogP contribution in [-0.2, 0) is 16.0 Å². The van der Waals surface area contributed by atoms with Crippen LogP contribution in [0.25, 0.3) is 0 Å². The van der Waals surface area contributed by atoms with Crippen LogP contribution in [-0.4, -0.2) is 64.3 Å². The Labute approximate surface area is 167 Å². The fraction of sp³-hybridized carbons (Fsp3) is 0.636. The van der Waals surface area contributed by atoms with Crippen LogP contribution in [0.4, 0.5) is 4.79 Å². The third-order valence-corrected chi connectivity index (χ3v) is 5.49. The number of rotatable bonds is 3. The molecule has 1 aromatic rings. The Morgan fingerprint density at radius 1 is 1.14 bits per heavy atom. The minimum atomic E-state index is -0.683. The number of carbonyl (C=O) groups excluding carboxylic acids is 2. The van der Waals surface area contributed by atoms with Crippen molar-refractivity contribution in [1.29, 1.82) is 0 Å². The van der Waals surface area contributed by atoms with Crippen LogP contribution in [0.15, 0.2) is 30.3 Å². The molecule has 2 amide bonds. The lowest BCUT2D eigenvalue weighted by molar-refractivity contribution is -0.137. The second-order valence-electron chi connectivity index (χ2n) is 9.00. The number of nitrogens with zero attached hydrogens (tertiary/aromatic N) is 2. The van der Waals surface area contributed by atoms with E-state index in [0.717, 1.165) is 19.3 Å². The van der Waals surface area contributed by atoms with Gasteiger partial charge in [-0.05, 0) is 51.5 Å². The number of piperidine rings is 1. The highest BCUT2D eigenvalue weighted by Gasteiger charge is 2.43. The molecule has 28 heavy (non-hydrogen) atoms. The number of β-amino-alcohol motifs (C(OH)–C–C–N with tert-alkyl or cyclic N) is 1. The zero-order chi connectivity index (χ0) is 20.3. The van der Waals surface area contributed by atoms with Gasteiger partial charge in [-0.1, -0.05) is 30.3 Å². The van der Waals surface area contributed by atoms with E-state index in [4.69, 9.17) is 4.74 Å². The van der Waals surface area contributed by atoms with Crippen LogP contribution >= 0.6 is 0 Å². The number of hydrogen-bond donors (Lipinski definition) is 1. The smallest absolute Gasteiger partial charge is 0.411 e. The highest BCUT2D eigenvalue weighted by molar-refractivity contribution is 5.86. The lowest BCUT2D eigenvalue weighted by Crippen LogP contribution is -2.51. The van der Waals surface area contributed by atoms with Crippen molar-refractivity contribution in [3.05, 3.63) is 35.9 Å². The van der Waals surface area contributed by atoms with Crippen LogP contribution in [0, 0.1) is 5.92 Å². The number of ether oxygens (including phenoxy) is 1. The van der Waals surface area contributed by atoms with Gasteiger partial charge in [0.25, 0.3) is 0 Å². The average Bonchev–Trinajstić information content (AvgIpc) is 3.03. The van der Waals surface area contributed by atoms with Gasteiger partial charge in [-0.3, -0.25) is 9.69 Å². The fourth-order valence-electron chi connectivity index (χ4n) is 4.09. The standard InChI is InChI=1S/C22H32N2O4/c1-22(2,3)28-21(27)24-15-18(25)14-19(24)20(26)23-11-9-17(10-12-23)13-16-7-5-4-6-8-16/h4-8,17-19,25H,9-15H2,1-3H3/t18-,19+/m1/s1. The van der Waals surface area contributed by atoms with Crippen molar-refractivity contribution < 1.29 is 19.4 Å². The molecule has 0 bridgehead atoms. The van der Waals surface area contributed by atoms with Crippen molar-refractivity contribution >= 4 is 12.0 Å². The van der Waals surface area contributed by atoms with E-state index in [1.54, 1.807) is 20.8 Å². The lowest BCUT2D eigenvalue weighted by Gasteiger charge is -2.35. The SMILES string of the molecule is CC(C)(C)OC(=O)N1C[C@H](O)C[C@H]1C(=O)N1CCC(Cc2ccccc2)CC1. The Balaban J connectivity index is 1.56. The highest BCUT2D eigenvalue weighted by Crippen LogP contribution is 2.26. The van der Waals surface area contributed by atoms with E-state index >= 15 is 0 Å². The summed E-state index contributed by atoms with van der Waals surface area (Å²) >= 11 is 0. The maximum atomic E-state index is 13.1. The number of likely N-dealkylation sites (tertiary alicyclic amines) is 2. The fourth-order valence-corrected chi connectivity index (χ4v) is 4.09. The van der Waals surface area contributed by atoms with Gasteiger partial charge in [0.1, 0.15) is 11.6 Å². The van der Waals surface area contributed by atoms with E-state index in [9.17, 15) is 14.7 Å². The van der Waals surface area contributed by atoms with Crippen LogP contribution in [0.5, 0.6) is 0 Å². The quantitative estimate of drug-likeness (QED) is 0.864. The van der Waals surface area contributed by atoms with E-state index in [1.807, 2.05) is 11.0 Å². The summed E-state index contributed by atoms with van der Waals surface area (Å²) in [5, 5.41) is 10.1. The molecule has 0 saturated carbocycles. The summed E-state index contributed by atoms with van der Waals surface area (Å²) in [4.78, 5) is 28.8. The molecule has 1 N–H and O–H groups in total. The van der Waals surface area contributed by atoms with Gasteiger partial charge < -0.3 is 14.7 Å². The second-order valence-corrected chi connectivity index (χ2v) is 9.00. The molecule has 0 aliphatic carbocycles. The monoisotopic (exact) mass is 388 g/mol. The summed E-state index contributed by atoms with van der Waals surface area (Å²) < 4.78 is 5.43. The zero-order valence-corrected chi connectivity index (χ0v) is 17.1. The zero-order valence-electron chi connectivity index (χ0n) is 17.1. The molecule has 154 valence electrons. The highest BCUT2D eigenvalue weighted by atomic mass is 16.6. The minimum Gasteiger partial charge on any atom is -0.444 e. The Bertz CT molecular complexity index is 678. The van der Waals surface area contributed by atoms with Gasteiger partial charge in [-0.15, -0.1) is 0 Å². The number of carbonyl (C=O) groups is 2. The summed E-state index contributed by atoms with van der Waals surface area (Å²) in [7, 11) is 0. The van der Waals surface area contributed by atoms with Gasteiger partial charge in [0, 0.05) is 19.5 Å². The summed E-state index contributed by atoms with van der Waals surface area (Å²) in [5.74, 6) is 0.503. The molecule has 0 aromatic heterocycles. The van der Waals surface area contributed by atoms with Crippen LogP contribution in [0.1, 0.15) is 45.6 Å². The number of aliphatic hydroxyl groups excluding tert-OH is 1. The van der Waals surface area contributed by atoms with Crippen molar-refractivity contribution in [2.24, 2.45) is 5.92 Å². The normalized spacial score (nSPS) is 23.7. The molecule has 6 heteroatoms. The predicted octanol–water partition coefficient (Wildman–Crippen LogP) is 2.84. The molecule has 2 heterocycles. The van der Waals surface area contributed by atoms with E-state index < -0.39 is 23.8 Å². The minimum absolute atomic E-state index is 0.0689. The number of aliphatic hydroxyl groups is 1. The topological polar surface area (TPSA) is 70.1 Å².